The first-order valence-corrected chi connectivity index (χ1v) is 10.6. The number of hydrogen-bond donors (Lipinski definition) is 2. The van der Waals surface area contributed by atoms with E-state index < -0.39 is 6.04 Å². The molecule has 2 N–H and O–H groups in total. The van der Waals surface area contributed by atoms with Crippen molar-refractivity contribution in [3.63, 3.8) is 0 Å². The van der Waals surface area contributed by atoms with Gasteiger partial charge < -0.3 is 10.4 Å². The van der Waals surface area contributed by atoms with Crippen molar-refractivity contribution in [3.8, 4) is 5.75 Å². The lowest BCUT2D eigenvalue weighted by Gasteiger charge is -2.17. The Morgan fingerprint density at radius 3 is 2.66 bits per heavy atom. The molecule has 0 aliphatic heterocycles. The van der Waals surface area contributed by atoms with Crippen molar-refractivity contribution >= 4 is 23.3 Å². The Hall–Kier alpha value is -2.33. The van der Waals surface area contributed by atoms with Crippen molar-refractivity contribution in [3.05, 3.63) is 64.2 Å². The van der Waals surface area contributed by atoms with E-state index in [1.807, 2.05) is 18.2 Å². The van der Waals surface area contributed by atoms with Gasteiger partial charge in [0.1, 0.15) is 5.75 Å². The number of halogens is 1. The molecular formula is C24H28ClNO3. The molecule has 2 aromatic rings. The second kappa shape index (κ2) is 9.45. The highest BCUT2D eigenvalue weighted by Gasteiger charge is 2.31. The van der Waals surface area contributed by atoms with E-state index in [-0.39, 0.29) is 29.8 Å². The van der Waals surface area contributed by atoms with E-state index in [1.54, 1.807) is 26.0 Å². The standard InChI is InChI=1S/C24H28ClNO3/c1-15-12-21(25)14-19(23(15)28)10-11-22(27)16(2)26-24(29)20-9-8-18(13-20)17-6-4-3-5-7-17/h3-7,12,14,16,18,20,28H,8-11,13H2,1-2H3,(H,26,29)/t16-,18+,20+/m0/s1. The highest BCUT2D eigenvalue weighted by Crippen LogP contribution is 2.38. The minimum Gasteiger partial charge on any atom is -0.507 e. The Labute approximate surface area is 177 Å². The summed E-state index contributed by atoms with van der Waals surface area (Å²) >= 11 is 6.04. The van der Waals surface area contributed by atoms with E-state index >= 15 is 0 Å². The summed E-state index contributed by atoms with van der Waals surface area (Å²) < 4.78 is 0. The first kappa shape index (κ1) is 21.4. The molecule has 3 rings (SSSR count). The van der Waals surface area contributed by atoms with Gasteiger partial charge in [-0.25, -0.2) is 0 Å². The van der Waals surface area contributed by atoms with E-state index in [2.05, 4.69) is 17.4 Å². The molecule has 0 spiro atoms. The fourth-order valence-electron chi connectivity index (χ4n) is 4.13. The number of amides is 1. The van der Waals surface area contributed by atoms with Crippen molar-refractivity contribution in [1.82, 2.24) is 5.32 Å². The van der Waals surface area contributed by atoms with Gasteiger partial charge in [0.05, 0.1) is 6.04 Å². The number of hydrogen-bond acceptors (Lipinski definition) is 3. The van der Waals surface area contributed by atoms with E-state index in [1.165, 1.54) is 5.56 Å². The van der Waals surface area contributed by atoms with Gasteiger partial charge in [0.2, 0.25) is 5.91 Å². The summed E-state index contributed by atoms with van der Waals surface area (Å²) in [7, 11) is 0. The van der Waals surface area contributed by atoms with E-state index in [9.17, 15) is 14.7 Å². The summed E-state index contributed by atoms with van der Waals surface area (Å²) in [5.74, 6) is 0.456. The maximum Gasteiger partial charge on any atom is 0.223 e. The molecule has 29 heavy (non-hydrogen) atoms. The van der Waals surface area contributed by atoms with Crippen LogP contribution in [-0.2, 0) is 16.0 Å². The van der Waals surface area contributed by atoms with Gasteiger partial charge in [0.15, 0.2) is 5.78 Å². The number of aryl methyl sites for hydroxylation is 2. The van der Waals surface area contributed by atoms with Crippen LogP contribution in [-0.4, -0.2) is 22.8 Å². The molecule has 0 unspecified atom stereocenters. The Morgan fingerprint density at radius 1 is 1.21 bits per heavy atom. The third-order valence-corrected chi connectivity index (χ3v) is 6.12. The SMILES string of the molecule is Cc1cc(Cl)cc(CCC(=O)[C@H](C)NC(=O)[C@@H]2CC[C@@H](c3ccccc3)C2)c1O. The molecule has 3 atom stereocenters. The topological polar surface area (TPSA) is 66.4 Å². The summed E-state index contributed by atoms with van der Waals surface area (Å²) in [5, 5.41) is 13.6. The van der Waals surface area contributed by atoms with Crippen LogP contribution in [0.15, 0.2) is 42.5 Å². The molecule has 5 heteroatoms. The van der Waals surface area contributed by atoms with Crippen LogP contribution < -0.4 is 5.32 Å². The fraction of sp³-hybridized carbons (Fsp3) is 0.417. The lowest BCUT2D eigenvalue weighted by molar-refractivity contribution is -0.129. The van der Waals surface area contributed by atoms with Gasteiger partial charge in [-0.3, -0.25) is 9.59 Å². The molecule has 1 aliphatic rings. The first-order chi connectivity index (χ1) is 13.8. The van der Waals surface area contributed by atoms with Crippen LogP contribution in [0.5, 0.6) is 5.75 Å². The Morgan fingerprint density at radius 2 is 1.93 bits per heavy atom. The molecule has 1 aliphatic carbocycles. The van der Waals surface area contributed by atoms with Crippen molar-refractivity contribution in [2.24, 2.45) is 5.92 Å². The number of ketones is 1. The van der Waals surface area contributed by atoms with Crippen LogP contribution in [0.3, 0.4) is 0 Å². The van der Waals surface area contributed by atoms with Gasteiger partial charge in [-0.2, -0.15) is 0 Å². The number of benzene rings is 2. The number of carbonyl (C=O) groups is 2. The molecule has 0 heterocycles. The highest BCUT2D eigenvalue weighted by atomic mass is 35.5. The van der Waals surface area contributed by atoms with Crippen LogP contribution >= 0.6 is 11.6 Å². The van der Waals surface area contributed by atoms with Crippen molar-refractivity contribution < 1.29 is 14.7 Å². The van der Waals surface area contributed by atoms with Crippen molar-refractivity contribution in [2.45, 2.75) is 57.9 Å². The van der Waals surface area contributed by atoms with Crippen molar-refractivity contribution in [2.75, 3.05) is 0 Å². The fourth-order valence-corrected chi connectivity index (χ4v) is 4.42. The Balaban J connectivity index is 1.50. The zero-order valence-electron chi connectivity index (χ0n) is 17.0. The second-order valence-corrected chi connectivity index (χ2v) is 8.48. The number of rotatable bonds is 7. The Bertz CT molecular complexity index is 881. The molecule has 1 amide bonds. The maximum atomic E-state index is 12.6. The maximum absolute atomic E-state index is 12.6. The molecular weight excluding hydrogens is 386 g/mol. The predicted molar refractivity (Wildman–Crippen MR) is 115 cm³/mol. The molecule has 2 aromatic carbocycles. The number of aromatic hydroxyl groups is 1. The molecule has 1 fully saturated rings. The zero-order valence-corrected chi connectivity index (χ0v) is 17.7. The molecule has 0 bridgehead atoms. The van der Waals surface area contributed by atoms with Gasteiger partial charge in [0.25, 0.3) is 0 Å². The van der Waals surface area contributed by atoms with E-state index in [4.69, 9.17) is 11.6 Å². The normalized spacial score (nSPS) is 19.7. The summed E-state index contributed by atoms with van der Waals surface area (Å²) in [5.41, 5.74) is 2.63. The summed E-state index contributed by atoms with van der Waals surface area (Å²) in [6.45, 7) is 3.51. The zero-order chi connectivity index (χ0) is 21.0. The predicted octanol–water partition coefficient (Wildman–Crippen LogP) is 4.94. The van der Waals surface area contributed by atoms with Crippen LogP contribution in [0.1, 0.15) is 55.2 Å². The summed E-state index contributed by atoms with van der Waals surface area (Å²) in [6, 6.07) is 13.1. The van der Waals surface area contributed by atoms with Gasteiger partial charge in [0, 0.05) is 17.4 Å². The number of phenolic OH excluding ortho intramolecular Hbond substituents is 1. The Kier molecular flexibility index (Phi) is 6.96. The second-order valence-electron chi connectivity index (χ2n) is 8.04. The number of carbonyl (C=O) groups excluding carboxylic acids is 2. The molecule has 0 radical (unpaired) electrons. The van der Waals surface area contributed by atoms with Crippen LogP contribution in [0, 0.1) is 12.8 Å². The van der Waals surface area contributed by atoms with Gasteiger partial charge in [-0.15, -0.1) is 0 Å². The smallest absolute Gasteiger partial charge is 0.223 e. The lowest BCUT2D eigenvalue weighted by atomic mass is 9.96. The molecule has 1 saturated carbocycles. The van der Waals surface area contributed by atoms with Crippen molar-refractivity contribution in [1.29, 1.82) is 0 Å². The molecule has 154 valence electrons. The number of nitrogens with one attached hydrogen (secondary N) is 1. The minimum atomic E-state index is -0.541. The minimum absolute atomic E-state index is 0.0364. The third kappa shape index (κ3) is 5.39. The summed E-state index contributed by atoms with van der Waals surface area (Å²) in [6.07, 6.45) is 3.31. The molecule has 4 nitrogen and oxygen atoms in total. The lowest BCUT2D eigenvalue weighted by Crippen LogP contribution is -2.41. The first-order valence-electron chi connectivity index (χ1n) is 10.2. The highest BCUT2D eigenvalue weighted by molar-refractivity contribution is 6.30. The van der Waals surface area contributed by atoms with Gasteiger partial charge in [-0.05, 0) is 74.3 Å². The van der Waals surface area contributed by atoms with Crippen LogP contribution in [0.4, 0.5) is 0 Å². The van der Waals surface area contributed by atoms with Crippen LogP contribution in [0.2, 0.25) is 5.02 Å². The summed E-state index contributed by atoms with van der Waals surface area (Å²) in [4.78, 5) is 25.1. The van der Waals surface area contributed by atoms with Gasteiger partial charge in [-0.1, -0.05) is 41.9 Å². The quantitative estimate of drug-likeness (QED) is 0.675. The average molecular weight is 414 g/mol. The van der Waals surface area contributed by atoms with E-state index in [0.29, 0.717) is 28.5 Å². The van der Waals surface area contributed by atoms with Gasteiger partial charge >= 0.3 is 0 Å². The monoisotopic (exact) mass is 413 g/mol. The number of Topliss-reactive ketones (excluding diaryl/α,β-unsaturated/α-hetero) is 1. The molecule has 0 saturated heterocycles. The third-order valence-electron chi connectivity index (χ3n) is 5.90. The van der Waals surface area contributed by atoms with E-state index in [0.717, 1.165) is 19.3 Å². The average Bonchev–Trinajstić information content (AvgIpc) is 3.20. The molecule has 0 aromatic heterocycles. The van der Waals surface area contributed by atoms with Crippen LogP contribution in [0.25, 0.3) is 0 Å². The number of phenols is 1. The largest absolute Gasteiger partial charge is 0.507 e.